The predicted octanol–water partition coefficient (Wildman–Crippen LogP) is 2.58. The second kappa shape index (κ2) is 10.8. The number of hydrogen-bond donors (Lipinski definition) is 2. The molecule has 0 bridgehead atoms. The number of piperazine rings is 1. The molecule has 1 fully saturated rings. The highest BCUT2D eigenvalue weighted by atomic mass is 16.5. The lowest BCUT2D eigenvalue weighted by molar-refractivity contribution is -0.136. The molecule has 2 aromatic rings. The van der Waals surface area contributed by atoms with Crippen molar-refractivity contribution in [3.63, 3.8) is 0 Å². The van der Waals surface area contributed by atoms with E-state index in [0.717, 1.165) is 61.7 Å². The van der Waals surface area contributed by atoms with E-state index in [1.165, 1.54) is 0 Å². The Morgan fingerprint density at radius 2 is 1.71 bits per heavy atom. The van der Waals surface area contributed by atoms with Gasteiger partial charge in [-0.15, -0.1) is 0 Å². The second-order valence-electron chi connectivity index (χ2n) is 7.86. The molecule has 1 heterocycles. The Bertz CT molecular complexity index is 907. The molecule has 2 aromatic carbocycles. The number of carbonyl (C=O) groups is 2. The summed E-state index contributed by atoms with van der Waals surface area (Å²) in [6.45, 7) is 9.13. The van der Waals surface area contributed by atoms with Gasteiger partial charge >= 0.3 is 11.8 Å². The first kappa shape index (κ1) is 22.6. The summed E-state index contributed by atoms with van der Waals surface area (Å²) in [5.74, 6) is -0.328. The number of anilines is 2. The molecule has 0 radical (unpaired) electrons. The largest absolute Gasteiger partial charge is 0.495 e. The first-order chi connectivity index (χ1) is 15.0. The van der Waals surface area contributed by atoms with Crippen LogP contribution in [0.2, 0.25) is 0 Å². The molecule has 0 atom stereocenters. The van der Waals surface area contributed by atoms with Gasteiger partial charge in [0.15, 0.2) is 0 Å². The third-order valence-corrected chi connectivity index (χ3v) is 5.71. The molecule has 0 aromatic heterocycles. The van der Waals surface area contributed by atoms with E-state index in [1.807, 2.05) is 44.2 Å². The summed E-state index contributed by atoms with van der Waals surface area (Å²) in [5.41, 5.74) is 3.98. The quantitative estimate of drug-likeness (QED) is 0.528. The first-order valence-corrected chi connectivity index (χ1v) is 10.7. The summed E-state index contributed by atoms with van der Waals surface area (Å²) in [4.78, 5) is 28.9. The van der Waals surface area contributed by atoms with Crippen LogP contribution in [0.15, 0.2) is 42.5 Å². The van der Waals surface area contributed by atoms with Crippen molar-refractivity contribution >= 4 is 23.2 Å². The number of nitrogens with one attached hydrogen (secondary N) is 2. The van der Waals surface area contributed by atoms with Gasteiger partial charge in [-0.2, -0.15) is 0 Å². The lowest BCUT2D eigenvalue weighted by atomic mass is 10.1. The number of hydrogen-bond acceptors (Lipinski definition) is 5. The van der Waals surface area contributed by atoms with Crippen molar-refractivity contribution in [2.75, 3.05) is 56.6 Å². The molecular weight excluding hydrogens is 392 g/mol. The summed E-state index contributed by atoms with van der Waals surface area (Å²) in [5, 5.41) is 5.37. The monoisotopic (exact) mass is 424 g/mol. The number of nitrogens with zero attached hydrogens (tertiary/aromatic N) is 2. The average molecular weight is 425 g/mol. The molecule has 3 rings (SSSR count). The van der Waals surface area contributed by atoms with E-state index in [1.54, 1.807) is 13.2 Å². The molecule has 2 N–H and O–H groups in total. The van der Waals surface area contributed by atoms with Gasteiger partial charge in [-0.25, -0.2) is 0 Å². The van der Waals surface area contributed by atoms with Crippen molar-refractivity contribution in [2.24, 2.45) is 0 Å². The Labute approximate surface area is 184 Å². The smallest absolute Gasteiger partial charge is 0.313 e. The highest BCUT2D eigenvalue weighted by Crippen LogP contribution is 2.28. The Morgan fingerprint density at radius 1 is 0.968 bits per heavy atom. The minimum absolute atomic E-state index is 0.478. The molecule has 2 amide bonds. The maximum absolute atomic E-state index is 12.1. The summed E-state index contributed by atoms with van der Waals surface area (Å²) >= 11 is 0. The molecule has 7 nitrogen and oxygen atoms in total. The molecule has 1 saturated heterocycles. The van der Waals surface area contributed by atoms with Crippen LogP contribution in [0.1, 0.15) is 17.5 Å². The van der Waals surface area contributed by atoms with Gasteiger partial charge in [-0.1, -0.05) is 18.2 Å². The number of para-hydroxylation sites is 2. The molecule has 0 saturated carbocycles. The zero-order valence-electron chi connectivity index (χ0n) is 18.6. The number of ether oxygens (including phenoxy) is 1. The van der Waals surface area contributed by atoms with E-state index >= 15 is 0 Å². The molecule has 31 heavy (non-hydrogen) atoms. The van der Waals surface area contributed by atoms with Crippen molar-refractivity contribution in [2.45, 2.75) is 20.3 Å². The number of methoxy groups -OCH3 is 1. The normalized spacial score (nSPS) is 14.2. The molecular formula is C24H32N4O3. The Morgan fingerprint density at radius 3 is 2.42 bits per heavy atom. The van der Waals surface area contributed by atoms with Gasteiger partial charge < -0.3 is 20.3 Å². The van der Waals surface area contributed by atoms with E-state index in [4.69, 9.17) is 4.74 Å². The highest BCUT2D eigenvalue weighted by Gasteiger charge is 2.19. The molecule has 0 unspecified atom stereocenters. The zero-order chi connectivity index (χ0) is 22.2. The predicted molar refractivity (Wildman–Crippen MR) is 124 cm³/mol. The number of benzene rings is 2. The van der Waals surface area contributed by atoms with Crippen LogP contribution in [0.3, 0.4) is 0 Å². The number of aryl methyl sites for hydroxylation is 2. The van der Waals surface area contributed by atoms with Crippen LogP contribution in [0.5, 0.6) is 5.75 Å². The Hall–Kier alpha value is -3.06. The Kier molecular flexibility index (Phi) is 7.89. The van der Waals surface area contributed by atoms with Gasteiger partial charge in [-0.05, 0) is 62.2 Å². The summed E-state index contributed by atoms with van der Waals surface area (Å²) in [7, 11) is 1.70. The summed E-state index contributed by atoms with van der Waals surface area (Å²) < 4.78 is 5.47. The molecule has 166 valence electrons. The van der Waals surface area contributed by atoms with Gasteiger partial charge in [0.2, 0.25) is 0 Å². The Balaban J connectivity index is 1.35. The van der Waals surface area contributed by atoms with E-state index in [9.17, 15) is 9.59 Å². The van der Waals surface area contributed by atoms with Crippen molar-refractivity contribution in [1.29, 1.82) is 0 Å². The van der Waals surface area contributed by atoms with Gasteiger partial charge in [0.05, 0.1) is 12.8 Å². The SMILES string of the molecule is COc1ccccc1N1CCN(CCCNC(=O)C(=O)Nc2ccc(C)c(C)c2)CC1. The van der Waals surface area contributed by atoms with E-state index in [-0.39, 0.29) is 0 Å². The first-order valence-electron chi connectivity index (χ1n) is 10.7. The average Bonchev–Trinajstić information content (AvgIpc) is 2.79. The maximum Gasteiger partial charge on any atom is 0.313 e. The van der Waals surface area contributed by atoms with Crippen LogP contribution >= 0.6 is 0 Å². The standard InChI is InChI=1S/C24H32N4O3/c1-18-9-10-20(17-19(18)2)26-24(30)23(29)25-11-6-12-27-13-15-28(16-14-27)21-7-4-5-8-22(21)31-3/h4-5,7-10,17H,6,11-16H2,1-3H3,(H,25,29)(H,26,30). The minimum Gasteiger partial charge on any atom is -0.495 e. The highest BCUT2D eigenvalue weighted by molar-refractivity contribution is 6.39. The van der Waals surface area contributed by atoms with Gasteiger partial charge in [-0.3, -0.25) is 14.5 Å². The molecule has 0 aliphatic carbocycles. The van der Waals surface area contributed by atoms with E-state index < -0.39 is 11.8 Å². The third-order valence-electron chi connectivity index (χ3n) is 5.71. The third kappa shape index (κ3) is 6.21. The summed E-state index contributed by atoms with van der Waals surface area (Å²) in [6, 6.07) is 13.7. The molecule has 1 aliphatic heterocycles. The fourth-order valence-electron chi connectivity index (χ4n) is 3.70. The number of amides is 2. The van der Waals surface area contributed by atoms with E-state index in [2.05, 4.69) is 26.5 Å². The number of carbonyl (C=O) groups excluding carboxylic acids is 2. The maximum atomic E-state index is 12.1. The zero-order valence-corrected chi connectivity index (χ0v) is 18.6. The summed E-state index contributed by atoms with van der Waals surface area (Å²) in [6.07, 6.45) is 0.803. The van der Waals surface area contributed by atoms with Crippen LogP contribution in [0.25, 0.3) is 0 Å². The minimum atomic E-state index is -0.631. The van der Waals surface area contributed by atoms with Crippen LogP contribution in [-0.2, 0) is 9.59 Å². The van der Waals surface area contributed by atoms with Crippen LogP contribution in [-0.4, -0.2) is 63.1 Å². The topological polar surface area (TPSA) is 73.9 Å². The number of rotatable bonds is 7. The van der Waals surface area contributed by atoms with Gasteiger partial charge in [0, 0.05) is 38.4 Å². The molecule has 7 heteroatoms. The van der Waals surface area contributed by atoms with Gasteiger partial charge in [0.25, 0.3) is 0 Å². The van der Waals surface area contributed by atoms with Crippen LogP contribution in [0, 0.1) is 13.8 Å². The van der Waals surface area contributed by atoms with Crippen molar-refractivity contribution in [3.8, 4) is 5.75 Å². The van der Waals surface area contributed by atoms with Crippen LogP contribution < -0.4 is 20.3 Å². The second-order valence-corrected chi connectivity index (χ2v) is 7.86. The molecule has 0 spiro atoms. The fraction of sp³-hybridized carbons (Fsp3) is 0.417. The fourth-order valence-corrected chi connectivity index (χ4v) is 3.70. The van der Waals surface area contributed by atoms with Crippen LogP contribution in [0.4, 0.5) is 11.4 Å². The van der Waals surface area contributed by atoms with Crippen molar-refractivity contribution in [1.82, 2.24) is 10.2 Å². The van der Waals surface area contributed by atoms with Crippen molar-refractivity contribution < 1.29 is 14.3 Å². The lowest BCUT2D eigenvalue weighted by Gasteiger charge is -2.36. The van der Waals surface area contributed by atoms with E-state index in [0.29, 0.717) is 12.2 Å². The van der Waals surface area contributed by atoms with Gasteiger partial charge in [0.1, 0.15) is 5.75 Å². The molecule has 1 aliphatic rings. The lowest BCUT2D eigenvalue weighted by Crippen LogP contribution is -2.47. The van der Waals surface area contributed by atoms with Crippen molar-refractivity contribution in [3.05, 3.63) is 53.6 Å².